The number of hydrogen-bond donors (Lipinski definition) is 5. The summed E-state index contributed by atoms with van der Waals surface area (Å²) in [7, 11) is 2.17. The predicted molar refractivity (Wildman–Crippen MR) is 137 cm³/mol. The highest BCUT2D eigenvalue weighted by atomic mass is 19.1. The van der Waals surface area contributed by atoms with Gasteiger partial charge in [-0.15, -0.1) is 0 Å². The number of likely N-dealkylation sites (tertiary alicyclic amines) is 2. The lowest BCUT2D eigenvalue weighted by Crippen LogP contribution is -2.67. The minimum Gasteiger partial charge on any atom is -0.350 e. The first-order valence-electron chi connectivity index (χ1n) is 14.4. The number of halogens is 2. The first-order valence-corrected chi connectivity index (χ1v) is 14.4. The van der Waals surface area contributed by atoms with Crippen LogP contribution >= 0.6 is 0 Å². The number of piperidine rings is 2. The van der Waals surface area contributed by atoms with Gasteiger partial charge in [-0.3, -0.25) is 24.7 Å². The smallest absolute Gasteiger partial charge is 0.229 e. The molecule has 9 atom stereocenters. The van der Waals surface area contributed by atoms with Gasteiger partial charge in [0.1, 0.15) is 12.3 Å². The van der Waals surface area contributed by atoms with Crippen LogP contribution in [0.15, 0.2) is 0 Å². The summed E-state index contributed by atoms with van der Waals surface area (Å²) in [6.45, 7) is 3.94. The zero-order valence-corrected chi connectivity index (χ0v) is 22.2. The van der Waals surface area contributed by atoms with Crippen LogP contribution in [-0.2, 0) is 9.59 Å². The molecule has 11 nitrogen and oxygen atoms in total. The monoisotopic (exact) mass is 539 g/mol. The average Bonchev–Trinajstić information content (AvgIpc) is 3.30. The Morgan fingerprint density at radius 2 is 1.68 bits per heavy atom. The third-order valence-corrected chi connectivity index (χ3v) is 9.90. The van der Waals surface area contributed by atoms with Crippen molar-refractivity contribution in [2.24, 2.45) is 17.6 Å². The van der Waals surface area contributed by atoms with Crippen LogP contribution in [0.4, 0.5) is 8.78 Å². The van der Waals surface area contributed by atoms with E-state index in [4.69, 9.17) is 5.73 Å². The fraction of sp³-hybridized carbons (Fsp3) is 0.920. The van der Waals surface area contributed by atoms with Crippen molar-refractivity contribution in [1.82, 2.24) is 41.1 Å². The van der Waals surface area contributed by atoms with Crippen molar-refractivity contribution in [3.63, 3.8) is 0 Å². The summed E-state index contributed by atoms with van der Waals surface area (Å²) >= 11 is 0. The number of carbonyl (C=O) groups excluding carboxylic acids is 2. The predicted octanol–water partition coefficient (Wildman–Crippen LogP) is -2.21. The minimum atomic E-state index is -1.14. The number of carbonyl (C=O) groups is 2. The summed E-state index contributed by atoms with van der Waals surface area (Å²) in [6, 6.07) is 0.0563. The van der Waals surface area contributed by atoms with Gasteiger partial charge >= 0.3 is 0 Å². The normalized spacial score (nSPS) is 43.3. The Morgan fingerprint density at radius 1 is 0.974 bits per heavy atom. The number of fused-ring (bicyclic) bond motifs is 3. The Kier molecular flexibility index (Phi) is 7.62. The molecule has 13 heteroatoms. The molecule has 2 amide bonds. The van der Waals surface area contributed by atoms with E-state index in [1.165, 1.54) is 0 Å². The van der Waals surface area contributed by atoms with Crippen molar-refractivity contribution in [1.29, 1.82) is 0 Å². The molecule has 0 aromatic rings. The molecule has 2 bridgehead atoms. The van der Waals surface area contributed by atoms with Gasteiger partial charge in [-0.1, -0.05) is 0 Å². The lowest BCUT2D eigenvalue weighted by Gasteiger charge is -2.46. The molecule has 0 radical (unpaired) electrons. The molecule has 0 saturated carbocycles. The van der Waals surface area contributed by atoms with Gasteiger partial charge < -0.3 is 21.3 Å². The lowest BCUT2D eigenvalue weighted by atomic mass is 9.89. The highest BCUT2D eigenvalue weighted by Gasteiger charge is 2.49. The summed E-state index contributed by atoms with van der Waals surface area (Å²) in [5.74, 6) is -0.648. The second-order valence-corrected chi connectivity index (χ2v) is 12.2. The van der Waals surface area contributed by atoms with Gasteiger partial charge in [-0.25, -0.2) is 19.2 Å². The van der Waals surface area contributed by atoms with E-state index in [0.29, 0.717) is 44.6 Å². The van der Waals surface area contributed by atoms with Gasteiger partial charge in [0.2, 0.25) is 11.8 Å². The number of nitrogens with two attached hydrogens (primary N) is 1. The van der Waals surface area contributed by atoms with Crippen LogP contribution in [0.25, 0.3) is 0 Å². The molecule has 0 spiro atoms. The van der Waals surface area contributed by atoms with Gasteiger partial charge in [-0.05, 0) is 45.8 Å². The fourth-order valence-electron chi connectivity index (χ4n) is 7.74. The van der Waals surface area contributed by atoms with Gasteiger partial charge in [0.25, 0.3) is 0 Å². The van der Waals surface area contributed by atoms with Crippen LogP contribution < -0.4 is 27.1 Å². The van der Waals surface area contributed by atoms with Crippen molar-refractivity contribution < 1.29 is 18.4 Å². The molecule has 6 aliphatic rings. The molecule has 0 aliphatic carbocycles. The molecule has 0 aromatic heterocycles. The summed E-state index contributed by atoms with van der Waals surface area (Å²) in [5, 5.41) is 10.9. The van der Waals surface area contributed by atoms with E-state index in [0.717, 1.165) is 25.9 Å². The van der Waals surface area contributed by atoms with Crippen LogP contribution in [0.5, 0.6) is 0 Å². The average molecular weight is 540 g/mol. The van der Waals surface area contributed by atoms with Crippen molar-refractivity contribution >= 4 is 11.8 Å². The van der Waals surface area contributed by atoms with E-state index in [2.05, 4.69) is 43.1 Å². The van der Waals surface area contributed by atoms with Gasteiger partial charge in [0, 0.05) is 57.3 Å². The first-order chi connectivity index (χ1) is 18.3. The van der Waals surface area contributed by atoms with E-state index >= 15 is 4.39 Å². The van der Waals surface area contributed by atoms with Crippen LogP contribution in [0.2, 0.25) is 0 Å². The maximum absolute atomic E-state index is 15.3. The van der Waals surface area contributed by atoms with Gasteiger partial charge in [0.05, 0.1) is 30.3 Å². The number of alkyl halides is 2. The summed E-state index contributed by atoms with van der Waals surface area (Å²) in [5.41, 5.74) is 9.21. The molecule has 214 valence electrons. The van der Waals surface area contributed by atoms with Crippen molar-refractivity contribution in [3.8, 4) is 0 Å². The Labute approximate surface area is 223 Å². The molecular weight excluding hydrogens is 496 g/mol. The van der Waals surface area contributed by atoms with Crippen LogP contribution in [0.1, 0.15) is 25.7 Å². The quantitative estimate of drug-likeness (QED) is 0.271. The Hall–Kier alpha value is -1.48. The third-order valence-electron chi connectivity index (χ3n) is 9.90. The molecule has 6 aliphatic heterocycles. The molecule has 6 heterocycles. The number of nitrogens with one attached hydrogen (secondary N) is 4. The van der Waals surface area contributed by atoms with E-state index in [-0.39, 0.29) is 37.4 Å². The number of rotatable bonds is 4. The molecular formula is C25H43F2N9O2. The highest BCUT2D eigenvalue weighted by Crippen LogP contribution is 2.31. The molecule has 0 aromatic carbocycles. The molecule has 38 heavy (non-hydrogen) atoms. The van der Waals surface area contributed by atoms with Crippen molar-refractivity contribution in [2.45, 2.75) is 74.5 Å². The Bertz CT molecular complexity index is 879. The molecule has 9 unspecified atom stereocenters. The maximum Gasteiger partial charge on any atom is 0.229 e. The fourth-order valence-corrected chi connectivity index (χ4v) is 7.74. The van der Waals surface area contributed by atoms with Crippen molar-refractivity contribution in [2.75, 3.05) is 59.4 Å². The topological polar surface area (TPSA) is 121 Å². The van der Waals surface area contributed by atoms with Crippen LogP contribution in [0.3, 0.4) is 0 Å². The number of piperazine rings is 1. The largest absolute Gasteiger partial charge is 0.350 e. The SMILES string of the molecule is CN1C2CCC1CN(C(=O)C1CCN(C3C(F)CNCC3NC(=O)C3C(N)NN4CC(F)CNC34)CC1)C2. The number of hydrogen-bond acceptors (Lipinski definition) is 9. The zero-order chi connectivity index (χ0) is 26.6. The highest BCUT2D eigenvalue weighted by molar-refractivity contribution is 5.81. The second kappa shape index (κ2) is 10.8. The standard InChI is InChI=1S/C25H43F2N9O2/c1-33-16-2-3-17(33)13-35(12-16)25(38)14-4-6-34(7-5-14)21-18(27)9-29-10-19(21)31-24(37)20-22(28)32-36-11-15(26)8-30-23(20)36/h14-23,29-30,32H,2-13,28H2,1H3,(H,31,37). The van der Waals surface area contributed by atoms with Gasteiger partial charge in [0.15, 0.2) is 0 Å². The maximum atomic E-state index is 15.3. The van der Waals surface area contributed by atoms with E-state index < -0.39 is 42.7 Å². The number of nitrogens with zero attached hydrogens (tertiary/aromatic N) is 4. The molecule has 6 saturated heterocycles. The second-order valence-electron chi connectivity index (χ2n) is 12.2. The number of amides is 2. The number of hydrazine groups is 1. The Morgan fingerprint density at radius 3 is 2.39 bits per heavy atom. The van der Waals surface area contributed by atoms with E-state index in [1.54, 1.807) is 5.01 Å². The van der Waals surface area contributed by atoms with E-state index in [9.17, 15) is 14.0 Å². The van der Waals surface area contributed by atoms with E-state index in [1.807, 2.05) is 0 Å². The minimum absolute atomic E-state index is 0.0212. The summed E-state index contributed by atoms with van der Waals surface area (Å²) < 4.78 is 29.2. The zero-order valence-electron chi connectivity index (χ0n) is 22.2. The van der Waals surface area contributed by atoms with Gasteiger partial charge in [-0.2, -0.15) is 0 Å². The Balaban J connectivity index is 1.06. The summed E-state index contributed by atoms with van der Waals surface area (Å²) in [6.07, 6.45) is 0.519. The third kappa shape index (κ3) is 4.95. The van der Waals surface area contributed by atoms with Crippen LogP contribution in [-0.4, -0.2) is 140 Å². The molecule has 6 rings (SSSR count). The lowest BCUT2D eigenvalue weighted by molar-refractivity contribution is -0.140. The summed E-state index contributed by atoms with van der Waals surface area (Å²) in [4.78, 5) is 33.3. The van der Waals surface area contributed by atoms with Crippen molar-refractivity contribution in [3.05, 3.63) is 0 Å². The number of likely N-dealkylation sites (N-methyl/N-ethyl adjacent to an activating group) is 1. The molecule has 6 fully saturated rings. The van der Waals surface area contributed by atoms with Crippen LogP contribution in [0, 0.1) is 11.8 Å². The first kappa shape index (κ1) is 26.7. The molecule has 6 N–H and O–H groups in total.